The number of carbonyl (C=O) groups is 2. The van der Waals surface area contributed by atoms with Crippen LogP contribution in [0.5, 0.6) is 0 Å². The van der Waals surface area contributed by atoms with Gasteiger partial charge >= 0.3 is 6.09 Å². The van der Waals surface area contributed by atoms with Gasteiger partial charge in [0.15, 0.2) is 0 Å². The third-order valence-corrected chi connectivity index (χ3v) is 4.07. The Balaban J connectivity index is 1.65. The zero-order chi connectivity index (χ0) is 16.6. The molecule has 0 saturated carbocycles. The third-order valence-electron chi connectivity index (χ3n) is 4.07. The Morgan fingerprint density at radius 1 is 1.30 bits per heavy atom. The average Bonchev–Trinajstić information content (AvgIpc) is 3.14. The molecule has 2 fully saturated rings. The number of fused-ring (bicyclic) bond motifs is 2. The minimum Gasteiger partial charge on any atom is -0.447 e. The zero-order valence-corrected chi connectivity index (χ0v) is 13.0. The number of ether oxygens (including phenoxy) is 1. The molecule has 0 unspecified atom stereocenters. The second-order valence-electron chi connectivity index (χ2n) is 5.99. The molecule has 9 nitrogen and oxygen atoms in total. The molecule has 2 saturated heterocycles. The molecule has 124 valence electrons. The Kier molecular flexibility index (Phi) is 4.03. The third kappa shape index (κ3) is 2.91. The van der Waals surface area contributed by atoms with E-state index in [4.69, 9.17) is 9.94 Å². The molecular weight excluding hydrogens is 302 g/mol. The van der Waals surface area contributed by atoms with Crippen LogP contribution in [-0.4, -0.2) is 63.4 Å². The highest BCUT2D eigenvalue weighted by atomic mass is 16.6. The lowest BCUT2D eigenvalue weighted by molar-refractivity contribution is 0.0700. The highest BCUT2D eigenvalue weighted by Crippen LogP contribution is 2.33. The Hall–Kier alpha value is -2.42. The van der Waals surface area contributed by atoms with Crippen LogP contribution in [0.4, 0.5) is 10.7 Å². The van der Waals surface area contributed by atoms with Gasteiger partial charge in [0.1, 0.15) is 0 Å². The number of carbonyl (C=O) groups excluding carboxylic acids is 2. The number of nitrogens with zero attached hydrogens (tertiary/aromatic N) is 4. The molecule has 2 atom stereocenters. The summed E-state index contributed by atoms with van der Waals surface area (Å²) in [6.45, 7) is 4.88. The molecule has 2 aliphatic heterocycles. The molecule has 1 aromatic rings. The summed E-state index contributed by atoms with van der Waals surface area (Å²) >= 11 is 0. The van der Waals surface area contributed by atoms with Crippen molar-refractivity contribution in [1.29, 1.82) is 0 Å². The van der Waals surface area contributed by atoms with Crippen LogP contribution >= 0.6 is 0 Å². The van der Waals surface area contributed by atoms with Crippen molar-refractivity contribution in [1.82, 2.24) is 20.3 Å². The van der Waals surface area contributed by atoms with Gasteiger partial charge in [0.05, 0.1) is 23.8 Å². The summed E-state index contributed by atoms with van der Waals surface area (Å²) in [7, 11) is 0. The number of anilines is 1. The topological polar surface area (TPSA) is 108 Å². The maximum Gasteiger partial charge on any atom is 0.410 e. The Morgan fingerprint density at radius 2 is 2.00 bits per heavy atom. The SMILES string of the molecule is CC(C)OC(=O)N1C[C@@H]2C[C@@H]1CN2c1ncc(C(=O)NO)cn1. The first-order valence-electron chi connectivity index (χ1n) is 7.50. The number of nitrogens with one attached hydrogen (secondary N) is 1. The number of rotatable bonds is 3. The van der Waals surface area contributed by atoms with E-state index in [1.165, 1.54) is 12.4 Å². The van der Waals surface area contributed by atoms with Crippen molar-refractivity contribution in [2.75, 3.05) is 18.0 Å². The van der Waals surface area contributed by atoms with Crippen molar-refractivity contribution in [2.24, 2.45) is 0 Å². The number of likely N-dealkylation sites (tertiary alicyclic amines) is 1. The summed E-state index contributed by atoms with van der Waals surface area (Å²) < 4.78 is 5.25. The molecule has 0 aromatic carbocycles. The molecule has 0 spiro atoms. The van der Waals surface area contributed by atoms with Gasteiger partial charge in [-0.15, -0.1) is 0 Å². The van der Waals surface area contributed by atoms with Crippen molar-refractivity contribution < 1.29 is 19.5 Å². The fourth-order valence-electron chi connectivity index (χ4n) is 3.06. The van der Waals surface area contributed by atoms with Crippen LogP contribution in [0.25, 0.3) is 0 Å². The lowest BCUT2D eigenvalue weighted by Crippen LogP contribution is -2.49. The lowest BCUT2D eigenvalue weighted by Gasteiger charge is -2.33. The van der Waals surface area contributed by atoms with Crippen LogP contribution in [-0.2, 0) is 4.74 Å². The van der Waals surface area contributed by atoms with E-state index in [2.05, 4.69) is 9.97 Å². The summed E-state index contributed by atoms with van der Waals surface area (Å²) in [4.78, 5) is 35.4. The van der Waals surface area contributed by atoms with Gasteiger partial charge in [0.25, 0.3) is 5.91 Å². The summed E-state index contributed by atoms with van der Waals surface area (Å²) in [6.07, 6.45) is 3.18. The van der Waals surface area contributed by atoms with Crippen molar-refractivity contribution in [3.05, 3.63) is 18.0 Å². The maximum absolute atomic E-state index is 12.0. The largest absolute Gasteiger partial charge is 0.447 e. The van der Waals surface area contributed by atoms with Gasteiger partial charge in [0.2, 0.25) is 5.95 Å². The highest BCUT2D eigenvalue weighted by Gasteiger charge is 2.47. The Labute approximate surface area is 133 Å². The van der Waals surface area contributed by atoms with Crippen molar-refractivity contribution in [3.8, 4) is 0 Å². The summed E-state index contributed by atoms with van der Waals surface area (Å²) in [6, 6.07) is 0.243. The normalized spacial score (nSPS) is 22.6. The van der Waals surface area contributed by atoms with Gasteiger partial charge in [-0.1, -0.05) is 0 Å². The van der Waals surface area contributed by atoms with Crippen LogP contribution in [0.3, 0.4) is 0 Å². The van der Waals surface area contributed by atoms with E-state index in [-0.39, 0.29) is 29.8 Å². The predicted molar refractivity (Wildman–Crippen MR) is 79.1 cm³/mol. The number of amides is 2. The number of hydrogen-bond donors (Lipinski definition) is 2. The maximum atomic E-state index is 12.0. The highest BCUT2D eigenvalue weighted by molar-refractivity contribution is 5.92. The zero-order valence-electron chi connectivity index (χ0n) is 13.0. The monoisotopic (exact) mass is 321 g/mol. The molecule has 3 rings (SSSR count). The fourth-order valence-corrected chi connectivity index (χ4v) is 3.06. The molecule has 1 aromatic heterocycles. The van der Waals surface area contributed by atoms with Gasteiger partial charge in [0, 0.05) is 25.5 Å². The van der Waals surface area contributed by atoms with Crippen LogP contribution in [0.15, 0.2) is 12.4 Å². The van der Waals surface area contributed by atoms with Crippen molar-refractivity contribution >= 4 is 17.9 Å². The number of aromatic nitrogens is 2. The minimum atomic E-state index is -0.651. The lowest BCUT2D eigenvalue weighted by atomic mass is 10.2. The molecule has 3 heterocycles. The van der Waals surface area contributed by atoms with Crippen LogP contribution < -0.4 is 10.4 Å². The van der Waals surface area contributed by atoms with Gasteiger partial charge in [-0.2, -0.15) is 0 Å². The first-order valence-corrected chi connectivity index (χ1v) is 7.50. The van der Waals surface area contributed by atoms with Gasteiger partial charge in [-0.3, -0.25) is 10.0 Å². The second-order valence-corrected chi connectivity index (χ2v) is 5.99. The smallest absolute Gasteiger partial charge is 0.410 e. The molecule has 2 amide bonds. The molecular formula is C14H19N5O4. The van der Waals surface area contributed by atoms with E-state index in [0.717, 1.165) is 6.42 Å². The van der Waals surface area contributed by atoms with Crippen molar-refractivity contribution in [3.63, 3.8) is 0 Å². The number of hydrogen-bond acceptors (Lipinski definition) is 7. The molecule has 23 heavy (non-hydrogen) atoms. The van der Waals surface area contributed by atoms with Crippen LogP contribution in [0, 0.1) is 0 Å². The Morgan fingerprint density at radius 3 is 2.52 bits per heavy atom. The molecule has 0 aliphatic carbocycles. The molecule has 0 radical (unpaired) electrons. The summed E-state index contributed by atoms with van der Waals surface area (Å²) in [5.74, 6) is -0.133. The van der Waals surface area contributed by atoms with Crippen LogP contribution in [0.1, 0.15) is 30.6 Å². The summed E-state index contributed by atoms with van der Waals surface area (Å²) in [5.41, 5.74) is 1.72. The van der Waals surface area contributed by atoms with Gasteiger partial charge in [-0.05, 0) is 20.3 Å². The molecule has 2 N–H and O–H groups in total. The van der Waals surface area contributed by atoms with E-state index < -0.39 is 5.91 Å². The molecule has 9 heteroatoms. The van der Waals surface area contributed by atoms with Crippen LogP contribution in [0.2, 0.25) is 0 Å². The standard InChI is InChI=1S/C14H19N5O4/c1-8(2)23-14(21)19-7-10-3-11(19)6-18(10)13-15-4-9(5-16-13)12(20)17-22/h4-5,8,10-11,22H,3,6-7H2,1-2H3,(H,17,20)/t10-,11+/m0/s1. The average molecular weight is 321 g/mol. The molecule has 2 aliphatic rings. The second kappa shape index (κ2) is 5.99. The minimum absolute atomic E-state index is 0.0928. The van der Waals surface area contributed by atoms with Crippen molar-refractivity contribution in [2.45, 2.75) is 38.5 Å². The first kappa shape index (κ1) is 15.5. The quantitative estimate of drug-likeness (QED) is 0.613. The van der Waals surface area contributed by atoms with E-state index in [1.807, 2.05) is 18.7 Å². The van der Waals surface area contributed by atoms with E-state index in [9.17, 15) is 9.59 Å². The first-order chi connectivity index (χ1) is 11.0. The fraction of sp³-hybridized carbons (Fsp3) is 0.571. The molecule has 2 bridgehead atoms. The van der Waals surface area contributed by atoms with Gasteiger partial charge < -0.3 is 14.5 Å². The van der Waals surface area contributed by atoms with E-state index >= 15 is 0 Å². The van der Waals surface area contributed by atoms with Gasteiger partial charge in [-0.25, -0.2) is 20.2 Å². The summed E-state index contributed by atoms with van der Waals surface area (Å²) in [5, 5.41) is 8.58. The number of hydroxylamine groups is 1. The van der Waals surface area contributed by atoms with E-state index in [1.54, 1.807) is 10.4 Å². The predicted octanol–water partition coefficient (Wildman–Crippen LogP) is 0.404. The van der Waals surface area contributed by atoms with E-state index in [0.29, 0.717) is 19.0 Å². The Bertz CT molecular complexity index is 606. The number of piperazine rings is 1.